The first-order chi connectivity index (χ1) is 15.4. The van der Waals surface area contributed by atoms with Crippen LogP contribution in [-0.2, 0) is 14.3 Å². The molecule has 8 nitrogen and oxygen atoms in total. The predicted octanol–water partition coefficient (Wildman–Crippen LogP) is 3.85. The van der Waals surface area contributed by atoms with E-state index >= 15 is 0 Å². The van der Waals surface area contributed by atoms with Gasteiger partial charge in [-0.25, -0.2) is 9.79 Å². The van der Waals surface area contributed by atoms with Gasteiger partial charge in [-0.05, 0) is 50.2 Å². The molecular weight excluding hydrogens is 430 g/mol. The maximum Gasteiger partial charge on any atom is 0.337 e. The molecule has 0 unspecified atom stereocenters. The summed E-state index contributed by atoms with van der Waals surface area (Å²) >= 11 is 1.26. The van der Waals surface area contributed by atoms with E-state index < -0.39 is 11.2 Å². The smallest absolute Gasteiger partial charge is 0.337 e. The number of benzene rings is 2. The number of amides is 2. The van der Waals surface area contributed by atoms with Crippen molar-refractivity contribution in [1.29, 1.82) is 0 Å². The minimum absolute atomic E-state index is 0.0269. The lowest BCUT2D eigenvalue weighted by molar-refractivity contribution is -0.128. The molecule has 0 aliphatic carbocycles. The maximum absolute atomic E-state index is 12.8. The van der Waals surface area contributed by atoms with Gasteiger partial charge in [0.05, 0.1) is 25.0 Å². The van der Waals surface area contributed by atoms with Gasteiger partial charge in [-0.15, -0.1) is 0 Å². The molecule has 32 heavy (non-hydrogen) atoms. The Hall–Kier alpha value is -3.33. The van der Waals surface area contributed by atoms with Crippen LogP contribution < -0.4 is 10.1 Å². The number of rotatable bonds is 8. The molecule has 2 amide bonds. The van der Waals surface area contributed by atoms with Gasteiger partial charge >= 0.3 is 5.97 Å². The number of carbonyl (C=O) groups is 3. The zero-order valence-corrected chi connectivity index (χ0v) is 19.0. The van der Waals surface area contributed by atoms with Crippen molar-refractivity contribution in [1.82, 2.24) is 4.90 Å². The molecule has 1 saturated heterocycles. The molecule has 2 aromatic carbocycles. The third kappa shape index (κ3) is 5.67. The molecule has 1 fully saturated rings. The van der Waals surface area contributed by atoms with Gasteiger partial charge in [0.2, 0.25) is 11.8 Å². The molecule has 2 aromatic rings. The number of aliphatic imine (C=N–C) groups is 1. The van der Waals surface area contributed by atoms with Crippen LogP contribution in [-0.4, -0.2) is 53.4 Å². The lowest BCUT2D eigenvalue weighted by Crippen LogP contribution is -2.33. The standard InChI is InChI=1S/C23H25N3O5S/c1-4-26-21(28)19(14-20(27)24-17-7-6-8-18(13-17)31-5-2)32-23(26)25-16-11-9-15(10-12-16)22(29)30-3/h6-13,19H,4-5,14H2,1-3H3,(H,24,27)/t19-/m1/s1. The quantitative estimate of drug-likeness (QED) is 0.607. The van der Waals surface area contributed by atoms with E-state index in [9.17, 15) is 14.4 Å². The van der Waals surface area contributed by atoms with Crippen LogP contribution in [0, 0.1) is 0 Å². The molecule has 0 saturated carbocycles. The number of hydrogen-bond donors (Lipinski definition) is 1. The van der Waals surface area contributed by atoms with Gasteiger partial charge in [0, 0.05) is 24.7 Å². The minimum Gasteiger partial charge on any atom is -0.494 e. The molecule has 1 N–H and O–H groups in total. The molecule has 168 valence electrons. The van der Waals surface area contributed by atoms with Crippen molar-refractivity contribution in [2.24, 2.45) is 4.99 Å². The van der Waals surface area contributed by atoms with E-state index in [2.05, 4.69) is 10.3 Å². The molecule has 9 heteroatoms. The predicted molar refractivity (Wildman–Crippen MR) is 125 cm³/mol. The molecule has 1 heterocycles. The Morgan fingerprint density at radius 1 is 1.16 bits per heavy atom. The first kappa shape index (κ1) is 23.3. The minimum atomic E-state index is -0.557. The molecule has 0 bridgehead atoms. The molecule has 0 radical (unpaired) electrons. The second kappa shape index (κ2) is 10.8. The number of hydrogen-bond acceptors (Lipinski definition) is 7. The summed E-state index contributed by atoms with van der Waals surface area (Å²) in [6.45, 7) is 4.72. The molecule has 0 spiro atoms. The summed E-state index contributed by atoms with van der Waals surface area (Å²) in [6, 6.07) is 13.7. The van der Waals surface area contributed by atoms with E-state index in [0.29, 0.717) is 41.0 Å². The zero-order chi connectivity index (χ0) is 23.1. The summed E-state index contributed by atoms with van der Waals surface area (Å²) < 4.78 is 10.1. The number of carbonyl (C=O) groups excluding carboxylic acids is 3. The second-order valence-electron chi connectivity index (χ2n) is 6.83. The van der Waals surface area contributed by atoms with Crippen LogP contribution in [0.2, 0.25) is 0 Å². The van der Waals surface area contributed by atoms with Gasteiger partial charge in [-0.1, -0.05) is 17.8 Å². The SMILES string of the molecule is CCOc1cccc(NC(=O)C[C@H]2SC(=Nc3ccc(C(=O)OC)cc3)N(CC)C2=O)c1. The van der Waals surface area contributed by atoms with Gasteiger partial charge < -0.3 is 14.8 Å². The molecular formula is C23H25N3O5S. The Kier molecular flexibility index (Phi) is 7.88. The maximum atomic E-state index is 12.8. The van der Waals surface area contributed by atoms with E-state index in [1.807, 2.05) is 19.9 Å². The van der Waals surface area contributed by atoms with Crippen LogP contribution in [0.4, 0.5) is 11.4 Å². The molecule has 1 aliphatic rings. The van der Waals surface area contributed by atoms with Crippen molar-refractivity contribution in [3.05, 3.63) is 54.1 Å². The summed E-state index contributed by atoms with van der Waals surface area (Å²) in [5, 5.41) is 2.79. The molecule has 1 aliphatic heterocycles. The van der Waals surface area contributed by atoms with Crippen LogP contribution in [0.3, 0.4) is 0 Å². The molecule has 0 aromatic heterocycles. The van der Waals surface area contributed by atoms with Crippen molar-refractivity contribution in [3.63, 3.8) is 0 Å². The van der Waals surface area contributed by atoms with Crippen LogP contribution in [0.5, 0.6) is 5.75 Å². The Labute approximate surface area is 191 Å². The molecule has 1 atom stereocenters. The Morgan fingerprint density at radius 3 is 2.56 bits per heavy atom. The van der Waals surface area contributed by atoms with Gasteiger partial charge in [-0.3, -0.25) is 14.5 Å². The highest BCUT2D eigenvalue weighted by atomic mass is 32.2. The van der Waals surface area contributed by atoms with Gasteiger partial charge in [0.15, 0.2) is 5.17 Å². The lowest BCUT2D eigenvalue weighted by Gasteiger charge is -2.13. The van der Waals surface area contributed by atoms with E-state index in [1.54, 1.807) is 47.4 Å². The van der Waals surface area contributed by atoms with Crippen LogP contribution >= 0.6 is 11.8 Å². The van der Waals surface area contributed by atoms with Crippen molar-refractivity contribution in [2.45, 2.75) is 25.5 Å². The fraction of sp³-hybridized carbons (Fsp3) is 0.304. The van der Waals surface area contributed by atoms with Crippen molar-refractivity contribution < 1.29 is 23.9 Å². The highest BCUT2D eigenvalue weighted by molar-refractivity contribution is 8.15. The monoisotopic (exact) mass is 455 g/mol. The zero-order valence-electron chi connectivity index (χ0n) is 18.2. The summed E-state index contributed by atoms with van der Waals surface area (Å²) in [4.78, 5) is 43.0. The summed E-state index contributed by atoms with van der Waals surface area (Å²) in [7, 11) is 1.32. The highest BCUT2D eigenvalue weighted by Gasteiger charge is 2.38. The number of nitrogens with zero attached hydrogens (tertiary/aromatic N) is 2. The Balaban J connectivity index is 1.68. The van der Waals surface area contributed by atoms with E-state index in [4.69, 9.17) is 9.47 Å². The van der Waals surface area contributed by atoms with Gasteiger partial charge in [0.25, 0.3) is 0 Å². The number of thioether (sulfide) groups is 1. The number of ether oxygens (including phenoxy) is 2. The number of anilines is 1. The first-order valence-corrected chi connectivity index (χ1v) is 11.1. The van der Waals surface area contributed by atoms with Crippen molar-refractivity contribution >= 4 is 46.1 Å². The summed E-state index contributed by atoms with van der Waals surface area (Å²) in [6.07, 6.45) is 0.0269. The lowest BCUT2D eigenvalue weighted by atomic mass is 10.2. The number of esters is 1. The molecule has 3 rings (SSSR count). The van der Waals surface area contributed by atoms with E-state index in [1.165, 1.54) is 18.9 Å². The number of amidine groups is 1. The fourth-order valence-electron chi connectivity index (χ4n) is 3.13. The average molecular weight is 456 g/mol. The summed E-state index contributed by atoms with van der Waals surface area (Å²) in [5.74, 6) is -0.172. The third-order valence-electron chi connectivity index (χ3n) is 4.65. The third-order valence-corrected chi connectivity index (χ3v) is 5.82. The van der Waals surface area contributed by atoms with Crippen molar-refractivity contribution in [2.75, 3.05) is 25.6 Å². The van der Waals surface area contributed by atoms with Crippen molar-refractivity contribution in [3.8, 4) is 5.75 Å². The fourth-order valence-corrected chi connectivity index (χ4v) is 4.35. The second-order valence-corrected chi connectivity index (χ2v) is 8.00. The van der Waals surface area contributed by atoms with Gasteiger partial charge in [0.1, 0.15) is 11.0 Å². The number of nitrogens with one attached hydrogen (secondary N) is 1. The topological polar surface area (TPSA) is 97.3 Å². The Bertz CT molecular complexity index is 1020. The first-order valence-electron chi connectivity index (χ1n) is 10.2. The normalized spacial score (nSPS) is 16.8. The van der Waals surface area contributed by atoms with E-state index in [-0.39, 0.29) is 18.2 Å². The highest BCUT2D eigenvalue weighted by Crippen LogP contribution is 2.32. The largest absolute Gasteiger partial charge is 0.494 e. The summed E-state index contributed by atoms with van der Waals surface area (Å²) in [5.41, 5.74) is 1.63. The van der Waals surface area contributed by atoms with Crippen LogP contribution in [0.1, 0.15) is 30.6 Å². The number of methoxy groups -OCH3 is 1. The van der Waals surface area contributed by atoms with E-state index in [0.717, 1.165) is 0 Å². The van der Waals surface area contributed by atoms with Gasteiger partial charge in [-0.2, -0.15) is 0 Å². The Morgan fingerprint density at radius 2 is 1.91 bits per heavy atom. The van der Waals surface area contributed by atoms with Crippen LogP contribution in [0.25, 0.3) is 0 Å². The average Bonchev–Trinajstić information content (AvgIpc) is 3.07. The van der Waals surface area contributed by atoms with Crippen LogP contribution in [0.15, 0.2) is 53.5 Å².